The normalized spacial score (nSPS) is 24.9. The lowest BCUT2D eigenvalue weighted by Gasteiger charge is -2.26. The number of amides is 1. The van der Waals surface area contributed by atoms with Gasteiger partial charge in [-0.05, 0) is 98.2 Å². The van der Waals surface area contributed by atoms with Gasteiger partial charge in [-0.1, -0.05) is 25.1 Å². The van der Waals surface area contributed by atoms with Crippen LogP contribution in [0, 0.1) is 11.6 Å². The van der Waals surface area contributed by atoms with E-state index in [4.69, 9.17) is 4.74 Å². The van der Waals surface area contributed by atoms with Crippen molar-refractivity contribution in [3.63, 3.8) is 0 Å². The number of ether oxygens (including phenoxy) is 1. The van der Waals surface area contributed by atoms with Crippen molar-refractivity contribution in [2.45, 2.75) is 88.8 Å². The smallest absolute Gasteiger partial charge is 0.220 e. The molecule has 0 fully saturated rings. The summed E-state index contributed by atoms with van der Waals surface area (Å²) in [5.41, 5.74) is 2.90. The maximum atomic E-state index is 13.8. The van der Waals surface area contributed by atoms with Crippen LogP contribution in [-0.2, 0) is 11.2 Å². The second-order valence-electron chi connectivity index (χ2n) is 10.6. The molecule has 2 aromatic rings. The topological polar surface area (TPSA) is 70.6 Å². The highest BCUT2D eigenvalue weighted by Crippen LogP contribution is 2.44. The Labute approximate surface area is 224 Å². The van der Waals surface area contributed by atoms with Gasteiger partial charge in [0.1, 0.15) is 17.4 Å². The van der Waals surface area contributed by atoms with Crippen molar-refractivity contribution in [1.29, 1.82) is 0 Å². The van der Waals surface area contributed by atoms with E-state index in [1.54, 1.807) is 0 Å². The van der Waals surface area contributed by atoms with E-state index < -0.39 is 23.8 Å². The van der Waals surface area contributed by atoms with Crippen LogP contribution in [0.5, 0.6) is 5.75 Å². The molecule has 38 heavy (non-hydrogen) atoms. The Kier molecular flexibility index (Phi) is 10.3. The van der Waals surface area contributed by atoms with Crippen LogP contribution in [0.4, 0.5) is 8.78 Å². The molecule has 206 valence electrons. The van der Waals surface area contributed by atoms with Crippen LogP contribution < -0.4 is 15.4 Å². The number of halogens is 2. The van der Waals surface area contributed by atoms with Crippen molar-refractivity contribution >= 4 is 5.91 Å². The van der Waals surface area contributed by atoms with Crippen LogP contribution in [0.25, 0.3) is 0 Å². The first kappa shape index (κ1) is 28.2. The van der Waals surface area contributed by atoms with Gasteiger partial charge in [0.25, 0.3) is 0 Å². The summed E-state index contributed by atoms with van der Waals surface area (Å²) in [4.78, 5) is 12.7. The molecule has 3 N–H and O–H groups in total. The fourth-order valence-corrected chi connectivity index (χ4v) is 5.57. The quantitative estimate of drug-likeness (QED) is 0.426. The zero-order valence-electron chi connectivity index (χ0n) is 22.2. The molecule has 0 aromatic heterocycles. The Balaban J connectivity index is 1.55. The highest BCUT2D eigenvalue weighted by molar-refractivity contribution is 5.76. The van der Waals surface area contributed by atoms with E-state index in [1.807, 2.05) is 6.07 Å². The van der Waals surface area contributed by atoms with Gasteiger partial charge >= 0.3 is 0 Å². The van der Waals surface area contributed by atoms with Crippen molar-refractivity contribution in [1.82, 2.24) is 10.6 Å². The fraction of sp³-hybridized carbons (Fsp3) is 0.516. The van der Waals surface area contributed by atoms with Crippen LogP contribution in [-0.4, -0.2) is 36.3 Å². The van der Waals surface area contributed by atoms with Crippen molar-refractivity contribution in [2.75, 3.05) is 13.2 Å². The molecule has 0 unspecified atom stereocenters. The Morgan fingerprint density at radius 2 is 1.82 bits per heavy atom. The Bertz CT molecular complexity index is 1090. The van der Waals surface area contributed by atoms with Gasteiger partial charge in [0.15, 0.2) is 0 Å². The van der Waals surface area contributed by atoms with Crippen LogP contribution in [0.15, 0.2) is 48.6 Å². The van der Waals surface area contributed by atoms with E-state index in [1.165, 1.54) is 23.3 Å². The lowest BCUT2D eigenvalue weighted by molar-refractivity contribution is -0.122. The Morgan fingerprint density at radius 1 is 1.03 bits per heavy atom. The third-order valence-corrected chi connectivity index (χ3v) is 7.50. The number of benzene rings is 2. The van der Waals surface area contributed by atoms with Crippen LogP contribution in [0.1, 0.15) is 86.9 Å². The van der Waals surface area contributed by atoms with Crippen molar-refractivity contribution in [2.24, 2.45) is 0 Å². The van der Waals surface area contributed by atoms with Crippen molar-refractivity contribution < 1.29 is 23.4 Å². The average molecular weight is 527 g/mol. The summed E-state index contributed by atoms with van der Waals surface area (Å²) in [7, 11) is 0. The lowest BCUT2D eigenvalue weighted by atomic mass is 9.96. The number of carbonyl (C=O) groups is 1. The van der Waals surface area contributed by atoms with Crippen molar-refractivity contribution in [3.05, 3.63) is 76.9 Å². The molecular weight excluding hydrogens is 486 g/mol. The van der Waals surface area contributed by atoms with Gasteiger partial charge in [-0.15, -0.1) is 0 Å². The van der Waals surface area contributed by atoms with Gasteiger partial charge in [-0.3, -0.25) is 4.79 Å². The van der Waals surface area contributed by atoms with E-state index in [9.17, 15) is 18.7 Å². The van der Waals surface area contributed by atoms with E-state index in [0.717, 1.165) is 56.8 Å². The zero-order chi connectivity index (χ0) is 26.9. The molecule has 2 aliphatic rings. The minimum atomic E-state index is -0.940. The van der Waals surface area contributed by atoms with Crippen LogP contribution in [0.3, 0.4) is 0 Å². The number of aliphatic hydroxyl groups is 1. The third-order valence-electron chi connectivity index (χ3n) is 7.50. The highest BCUT2D eigenvalue weighted by Gasteiger charge is 2.32. The number of β-amino-alcohol motifs (C(OH)–C–C–N with tert-alkyl or cyclic N) is 1. The SMILES string of the molecule is CCCOc1ccc2c(c1)[C@@H]1C[C@H]2CCC=CCCCCC(=O)N[C@@H](Cc2cc(F)cc(F)c2)[C@H](O)CN1. The summed E-state index contributed by atoms with van der Waals surface area (Å²) in [6.07, 6.45) is 10.5. The zero-order valence-corrected chi connectivity index (χ0v) is 22.2. The number of nitrogens with one attached hydrogen (secondary N) is 2. The number of fused-ring (bicyclic) bond motifs is 5. The van der Waals surface area contributed by atoms with Gasteiger partial charge in [-0.2, -0.15) is 0 Å². The molecule has 2 aromatic carbocycles. The molecular formula is C31H40F2N2O3. The number of aliphatic hydroxyl groups excluding tert-OH is 1. The number of hydrogen-bond donors (Lipinski definition) is 3. The fourth-order valence-electron chi connectivity index (χ4n) is 5.57. The summed E-state index contributed by atoms with van der Waals surface area (Å²) in [6.45, 7) is 2.97. The van der Waals surface area contributed by atoms with Gasteiger partial charge in [0, 0.05) is 25.1 Å². The second-order valence-corrected chi connectivity index (χ2v) is 10.6. The minimum Gasteiger partial charge on any atom is -0.494 e. The summed E-state index contributed by atoms with van der Waals surface area (Å²) in [5, 5.41) is 17.6. The molecule has 1 aliphatic carbocycles. The molecule has 0 radical (unpaired) electrons. The first-order valence-corrected chi connectivity index (χ1v) is 14.0. The van der Waals surface area contributed by atoms with Crippen LogP contribution >= 0.6 is 0 Å². The molecule has 2 bridgehead atoms. The standard InChI is InChI=1S/C31H40F2N2O3/c1-2-13-38-25-11-12-26-22-9-7-5-3-4-6-8-10-31(37)35-29(16-21-14-23(32)18-24(33)15-21)30(36)20-34-28(17-22)27(26)19-25/h3,5,11-12,14-15,18-19,22,28-30,34,36H,2,4,6-10,13,16-17,20H2,1H3,(H,35,37)/t22-,28+,29+,30-/m1/s1. The average Bonchev–Trinajstić information content (AvgIpc) is 3.22. The van der Waals surface area contributed by atoms with E-state index in [-0.39, 0.29) is 24.9 Å². The largest absolute Gasteiger partial charge is 0.494 e. The van der Waals surface area contributed by atoms with Gasteiger partial charge in [0.2, 0.25) is 5.91 Å². The molecule has 0 saturated carbocycles. The summed E-state index contributed by atoms with van der Waals surface area (Å²) in [6, 6.07) is 9.01. The van der Waals surface area contributed by atoms with Gasteiger partial charge in [0.05, 0.1) is 18.8 Å². The maximum absolute atomic E-state index is 13.8. The predicted octanol–water partition coefficient (Wildman–Crippen LogP) is 5.87. The lowest BCUT2D eigenvalue weighted by Crippen LogP contribution is -2.49. The number of carbonyl (C=O) groups excluding carboxylic acids is 1. The molecule has 0 spiro atoms. The Morgan fingerprint density at radius 3 is 2.61 bits per heavy atom. The number of hydrogen-bond acceptors (Lipinski definition) is 4. The molecule has 4 rings (SSSR count). The van der Waals surface area contributed by atoms with Crippen LogP contribution in [0.2, 0.25) is 0 Å². The number of allylic oxidation sites excluding steroid dienone is 2. The first-order chi connectivity index (χ1) is 18.4. The predicted molar refractivity (Wildman–Crippen MR) is 145 cm³/mol. The summed E-state index contributed by atoms with van der Waals surface area (Å²) >= 11 is 0. The molecule has 0 saturated heterocycles. The second kappa shape index (κ2) is 13.9. The molecule has 5 nitrogen and oxygen atoms in total. The minimum absolute atomic E-state index is 0.0393. The molecule has 1 aliphatic heterocycles. The molecule has 1 amide bonds. The molecule has 7 heteroatoms. The van der Waals surface area contributed by atoms with Gasteiger partial charge in [-0.25, -0.2) is 8.78 Å². The number of rotatable bonds is 5. The molecule has 1 heterocycles. The van der Waals surface area contributed by atoms with E-state index in [2.05, 4.69) is 41.8 Å². The third kappa shape index (κ3) is 7.87. The Hall–Kier alpha value is -2.77. The maximum Gasteiger partial charge on any atom is 0.220 e. The van der Waals surface area contributed by atoms with Gasteiger partial charge < -0.3 is 20.5 Å². The molecule has 4 atom stereocenters. The van der Waals surface area contributed by atoms with Crippen molar-refractivity contribution in [3.8, 4) is 5.75 Å². The first-order valence-electron chi connectivity index (χ1n) is 14.0. The monoisotopic (exact) mass is 526 g/mol. The highest BCUT2D eigenvalue weighted by atomic mass is 19.1. The van der Waals surface area contributed by atoms with E-state index in [0.29, 0.717) is 24.5 Å². The summed E-state index contributed by atoms with van der Waals surface area (Å²) in [5.74, 6) is -0.259. The summed E-state index contributed by atoms with van der Waals surface area (Å²) < 4.78 is 33.6. The van der Waals surface area contributed by atoms with E-state index >= 15 is 0 Å².